The third-order valence-electron chi connectivity index (χ3n) is 4.12. The first-order valence-corrected chi connectivity index (χ1v) is 9.15. The first-order chi connectivity index (χ1) is 10.7. The summed E-state index contributed by atoms with van der Waals surface area (Å²) in [5.41, 5.74) is -0.665. The van der Waals surface area contributed by atoms with Crippen molar-refractivity contribution in [1.82, 2.24) is 4.90 Å². The number of halogens is 1. The van der Waals surface area contributed by atoms with Gasteiger partial charge in [-0.05, 0) is 40.0 Å². The normalized spacial score (nSPS) is 28.2. The third-order valence-corrected chi connectivity index (χ3v) is 4.68. The molecule has 2 heterocycles. The van der Waals surface area contributed by atoms with Crippen molar-refractivity contribution in [3.05, 3.63) is 0 Å². The Kier molecular flexibility index (Phi) is 5.70. The van der Waals surface area contributed by atoms with Crippen LogP contribution in [0.1, 0.15) is 52.9 Å². The van der Waals surface area contributed by atoms with Crippen LogP contribution in [-0.2, 0) is 19.1 Å². The molecule has 23 heavy (non-hydrogen) atoms. The standard InChI is InChI=1S/C16H24BrNO5/c1-16(2,3)23-15(21)18-11(6-7-13(18)19)10-9-14(20)22-12(10)5-4-8-17/h10-12H,4-9H2,1-3H3/t10-,11+,12-/m1/s1. The van der Waals surface area contributed by atoms with Gasteiger partial charge in [0.15, 0.2) is 0 Å². The summed E-state index contributed by atoms with van der Waals surface area (Å²) in [5.74, 6) is -0.624. The molecule has 2 aliphatic rings. The van der Waals surface area contributed by atoms with Gasteiger partial charge in [0.25, 0.3) is 0 Å². The molecule has 0 N–H and O–H groups in total. The van der Waals surface area contributed by atoms with Gasteiger partial charge in [0.1, 0.15) is 11.7 Å². The van der Waals surface area contributed by atoms with Gasteiger partial charge in [-0.25, -0.2) is 9.69 Å². The zero-order valence-electron chi connectivity index (χ0n) is 13.8. The number of nitrogens with zero attached hydrogens (tertiary/aromatic N) is 1. The van der Waals surface area contributed by atoms with Crippen molar-refractivity contribution < 1.29 is 23.9 Å². The van der Waals surface area contributed by atoms with Crippen molar-refractivity contribution in [3.63, 3.8) is 0 Å². The van der Waals surface area contributed by atoms with Crippen molar-refractivity contribution >= 4 is 33.9 Å². The maximum absolute atomic E-state index is 12.4. The zero-order valence-corrected chi connectivity index (χ0v) is 15.4. The molecule has 7 heteroatoms. The van der Waals surface area contributed by atoms with Gasteiger partial charge >= 0.3 is 12.1 Å². The van der Waals surface area contributed by atoms with Crippen LogP contribution in [0.5, 0.6) is 0 Å². The molecule has 2 amide bonds. The van der Waals surface area contributed by atoms with E-state index in [-0.39, 0.29) is 36.4 Å². The fourth-order valence-corrected chi connectivity index (χ4v) is 3.55. The number of likely N-dealkylation sites (tertiary alicyclic amines) is 1. The summed E-state index contributed by atoms with van der Waals surface area (Å²) < 4.78 is 10.8. The molecule has 2 aliphatic heterocycles. The van der Waals surface area contributed by atoms with Crippen LogP contribution in [0.4, 0.5) is 4.79 Å². The average molecular weight is 390 g/mol. The summed E-state index contributed by atoms with van der Waals surface area (Å²) in [6.07, 6.45) is 1.87. The van der Waals surface area contributed by atoms with Gasteiger partial charge in [-0.2, -0.15) is 0 Å². The molecule has 2 fully saturated rings. The van der Waals surface area contributed by atoms with E-state index in [4.69, 9.17) is 9.47 Å². The molecule has 0 unspecified atom stereocenters. The molecule has 0 bridgehead atoms. The molecule has 0 aromatic rings. The molecule has 0 spiro atoms. The van der Waals surface area contributed by atoms with Crippen LogP contribution >= 0.6 is 15.9 Å². The number of alkyl halides is 1. The highest BCUT2D eigenvalue weighted by Gasteiger charge is 2.48. The fraction of sp³-hybridized carbons (Fsp3) is 0.812. The Morgan fingerprint density at radius 2 is 2.09 bits per heavy atom. The van der Waals surface area contributed by atoms with E-state index in [1.54, 1.807) is 20.8 Å². The van der Waals surface area contributed by atoms with E-state index in [1.807, 2.05) is 0 Å². The quantitative estimate of drug-likeness (QED) is 0.545. The lowest BCUT2D eigenvalue weighted by Crippen LogP contribution is -2.46. The van der Waals surface area contributed by atoms with Crippen LogP contribution in [0, 0.1) is 5.92 Å². The minimum absolute atomic E-state index is 0.138. The maximum atomic E-state index is 12.4. The van der Waals surface area contributed by atoms with Crippen LogP contribution < -0.4 is 0 Å². The van der Waals surface area contributed by atoms with E-state index in [2.05, 4.69) is 15.9 Å². The summed E-state index contributed by atoms with van der Waals surface area (Å²) in [6.45, 7) is 5.30. The molecule has 0 aliphatic carbocycles. The second-order valence-electron chi connectivity index (χ2n) is 7.08. The third kappa shape index (κ3) is 4.46. The minimum Gasteiger partial charge on any atom is -0.462 e. The molecule has 0 aromatic carbocycles. The Hall–Kier alpha value is -1.11. The second kappa shape index (κ2) is 7.20. The van der Waals surface area contributed by atoms with Crippen molar-refractivity contribution in [2.45, 2.75) is 70.6 Å². The van der Waals surface area contributed by atoms with Crippen molar-refractivity contribution in [2.75, 3.05) is 5.33 Å². The van der Waals surface area contributed by atoms with Gasteiger partial charge < -0.3 is 9.47 Å². The van der Waals surface area contributed by atoms with Gasteiger partial charge in [-0.1, -0.05) is 15.9 Å². The van der Waals surface area contributed by atoms with Gasteiger partial charge in [-0.15, -0.1) is 0 Å². The number of carbonyl (C=O) groups excluding carboxylic acids is 3. The minimum atomic E-state index is -0.665. The van der Waals surface area contributed by atoms with Gasteiger partial charge in [0.2, 0.25) is 5.91 Å². The molecule has 3 atom stereocenters. The predicted octanol–water partition coefficient (Wildman–Crippen LogP) is 3.02. The number of esters is 1. The number of imide groups is 1. The number of rotatable bonds is 4. The molecule has 2 saturated heterocycles. The zero-order chi connectivity index (χ0) is 17.2. The lowest BCUT2D eigenvalue weighted by atomic mass is 9.89. The molecule has 0 radical (unpaired) electrons. The lowest BCUT2D eigenvalue weighted by Gasteiger charge is -2.31. The second-order valence-corrected chi connectivity index (χ2v) is 7.87. The number of ether oxygens (including phenoxy) is 2. The van der Waals surface area contributed by atoms with Crippen molar-refractivity contribution in [2.24, 2.45) is 5.92 Å². The highest BCUT2D eigenvalue weighted by Crippen LogP contribution is 2.37. The average Bonchev–Trinajstić information content (AvgIpc) is 2.97. The Morgan fingerprint density at radius 3 is 2.70 bits per heavy atom. The number of cyclic esters (lactones) is 1. The molecule has 0 aromatic heterocycles. The molecule has 0 saturated carbocycles. The highest BCUT2D eigenvalue weighted by atomic mass is 79.9. The van der Waals surface area contributed by atoms with Crippen LogP contribution in [0.15, 0.2) is 0 Å². The van der Waals surface area contributed by atoms with E-state index in [1.165, 1.54) is 4.90 Å². The van der Waals surface area contributed by atoms with E-state index >= 15 is 0 Å². The Bertz CT molecular complexity index is 487. The van der Waals surface area contributed by atoms with Gasteiger partial charge in [0.05, 0.1) is 12.5 Å². The Balaban J connectivity index is 2.14. The molecule has 6 nitrogen and oxygen atoms in total. The Morgan fingerprint density at radius 1 is 1.39 bits per heavy atom. The fourth-order valence-electron chi connectivity index (χ4n) is 3.22. The first kappa shape index (κ1) is 18.2. The predicted molar refractivity (Wildman–Crippen MR) is 87.1 cm³/mol. The van der Waals surface area contributed by atoms with Crippen molar-refractivity contribution in [3.8, 4) is 0 Å². The SMILES string of the molecule is CC(C)(C)OC(=O)N1C(=O)CC[C@H]1[C@H]1CC(=O)O[C@@H]1CCCBr. The highest BCUT2D eigenvalue weighted by molar-refractivity contribution is 9.09. The summed E-state index contributed by atoms with van der Waals surface area (Å²) in [5, 5.41) is 0.827. The van der Waals surface area contributed by atoms with E-state index in [0.717, 1.165) is 18.2 Å². The molecule has 2 rings (SSSR count). The summed E-state index contributed by atoms with van der Waals surface area (Å²) in [6, 6.07) is -0.316. The molecular formula is C16H24BrNO5. The van der Waals surface area contributed by atoms with E-state index in [0.29, 0.717) is 12.8 Å². The van der Waals surface area contributed by atoms with Crippen LogP contribution in [0.25, 0.3) is 0 Å². The largest absolute Gasteiger partial charge is 0.462 e. The van der Waals surface area contributed by atoms with Gasteiger partial charge in [-0.3, -0.25) is 9.59 Å². The summed E-state index contributed by atoms with van der Waals surface area (Å²) in [4.78, 5) is 37.5. The molecule has 130 valence electrons. The van der Waals surface area contributed by atoms with Gasteiger partial charge in [0, 0.05) is 17.7 Å². The summed E-state index contributed by atoms with van der Waals surface area (Å²) >= 11 is 3.37. The number of hydrogen-bond donors (Lipinski definition) is 0. The smallest absolute Gasteiger partial charge is 0.417 e. The van der Waals surface area contributed by atoms with Crippen LogP contribution in [0.2, 0.25) is 0 Å². The lowest BCUT2D eigenvalue weighted by molar-refractivity contribution is -0.141. The summed E-state index contributed by atoms with van der Waals surface area (Å²) in [7, 11) is 0. The van der Waals surface area contributed by atoms with E-state index < -0.39 is 11.7 Å². The van der Waals surface area contributed by atoms with Crippen LogP contribution in [-0.4, -0.2) is 45.9 Å². The van der Waals surface area contributed by atoms with E-state index in [9.17, 15) is 14.4 Å². The maximum Gasteiger partial charge on any atom is 0.417 e. The molecular weight excluding hydrogens is 366 g/mol. The number of amides is 2. The van der Waals surface area contributed by atoms with Crippen molar-refractivity contribution in [1.29, 1.82) is 0 Å². The van der Waals surface area contributed by atoms with Crippen LogP contribution in [0.3, 0.4) is 0 Å². The first-order valence-electron chi connectivity index (χ1n) is 8.03. The topological polar surface area (TPSA) is 72.9 Å². The number of carbonyl (C=O) groups is 3. The monoisotopic (exact) mass is 389 g/mol. The Labute approximate surface area is 145 Å². The number of hydrogen-bond acceptors (Lipinski definition) is 5.